The number of nitrogens with zero attached hydrogens (tertiary/aromatic N) is 3. The number of hydrogen-bond acceptors (Lipinski definition) is 6. The van der Waals surface area contributed by atoms with Gasteiger partial charge < -0.3 is 19.7 Å². The SMILES string of the molecule is O=c1cc(-c2ccnc(N[C@H]3CCOC[C@H]3F)n2)ccn1[C@H](CO)c1ccc(F)c(Cl)c1. The molecule has 168 valence electrons. The molecule has 1 aliphatic rings. The van der Waals surface area contributed by atoms with Gasteiger partial charge in [0.05, 0.1) is 36.0 Å². The summed E-state index contributed by atoms with van der Waals surface area (Å²) in [7, 11) is 0. The Kier molecular flexibility index (Phi) is 6.78. The normalized spacial score (nSPS) is 19.5. The van der Waals surface area contributed by atoms with Crippen molar-refractivity contribution >= 4 is 17.5 Å². The summed E-state index contributed by atoms with van der Waals surface area (Å²) < 4.78 is 33.9. The molecule has 0 saturated carbocycles. The highest BCUT2D eigenvalue weighted by Crippen LogP contribution is 2.24. The maximum atomic E-state index is 14.0. The number of halogens is 3. The number of nitrogens with one attached hydrogen (secondary N) is 1. The van der Waals surface area contributed by atoms with Crippen LogP contribution in [0.4, 0.5) is 14.7 Å². The van der Waals surface area contributed by atoms with Crippen LogP contribution in [0.1, 0.15) is 18.0 Å². The van der Waals surface area contributed by atoms with Crippen molar-refractivity contribution in [1.29, 1.82) is 0 Å². The van der Waals surface area contributed by atoms with Crippen molar-refractivity contribution < 1.29 is 18.6 Å². The van der Waals surface area contributed by atoms with Gasteiger partial charge in [0, 0.05) is 30.6 Å². The summed E-state index contributed by atoms with van der Waals surface area (Å²) in [4.78, 5) is 21.3. The van der Waals surface area contributed by atoms with Crippen LogP contribution >= 0.6 is 11.6 Å². The predicted molar refractivity (Wildman–Crippen MR) is 116 cm³/mol. The van der Waals surface area contributed by atoms with Crippen molar-refractivity contribution in [1.82, 2.24) is 14.5 Å². The second-order valence-electron chi connectivity index (χ2n) is 7.43. The van der Waals surface area contributed by atoms with Gasteiger partial charge >= 0.3 is 0 Å². The average molecular weight is 463 g/mol. The van der Waals surface area contributed by atoms with Crippen LogP contribution in [-0.2, 0) is 4.74 Å². The van der Waals surface area contributed by atoms with E-state index in [1.165, 1.54) is 41.2 Å². The molecule has 1 aromatic carbocycles. The third-order valence-electron chi connectivity index (χ3n) is 5.34. The molecule has 4 rings (SSSR count). The third-order valence-corrected chi connectivity index (χ3v) is 5.63. The summed E-state index contributed by atoms with van der Waals surface area (Å²) in [5.41, 5.74) is 1.14. The quantitative estimate of drug-likeness (QED) is 0.584. The molecule has 0 radical (unpaired) electrons. The fraction of sp³-hybridized carbons (Fsp3) is 0.318. The Labute approximate surface area is 187 Å². The summed E-state index contributed by atoms with van der Waals surface area (Å²) >= 11 is 5.85. The minimum atomic E-state index is -1.16. The minimum Gasteiger partial charge on any atom is -0.394 e. The number of rotatable bonds is 6. The molecule has 3 aromatic rings. The first kappa shape index (κ1) is 22.3. The Morgan fingerprint density at radius 2 is 2.16 bits per heavy atom. The minimum absolute atomic E-state index is 0.0286. The van der Waals surface area contributed by atoms with Crippen LogP contribution in [0.25, 0.3) is 11.3 Å². The topological polar surface area (TPSA) is 89.3 Å². The smallest absolute Gasteiger partial charge is 0.251 e. The lowest BCUT2D eigenvalue weighted by Gasteiger charge is -2.26. The van der Waals surface area contributed by atoms with Crippen LogP contribution in [-0.4, -0.2) is 51.7 Å². The predicted octanol–water partition coefficient (Wildman–Crippen LogP) is 3.22. The maximum Gasteiger partial charge on any atom is 0.251 e. The zero-order valence-corrected chi connectivity index (χ0v) is 17.7. The number of pyridine rings is 1. The molecule has 1 aliphatic heterocycles. The highest BCUT2D eigenvalue weighted by molar-refractivity contribution is 6.30. The zero-order valence-electron chi connectivity index (χ0n) is 16.9. The van der Waals surface area contributed by atoms with Gasteiger partial charge in [-0.05, 0) is 36.2 Å². The van der Waals surface area contributed by atoms with E-state index in [4.69, 9.17) is 16.3 Å². The molecule has 7 nitrogen and oxygen atoms in total. The molecule has 2 aromatic heterocycles. The molecule has 10 heteroatoms. The van der Waals surface area contributed by atoms with Gasteiger partial charge in [-0.1, -0.05) is 17.7 Å². The lowest BCUT2D eigenvalue weighted by Crippen LogP contribution is -2.39. The van der Waals surface area contributed by atoms with Crippen LogP contribution in [0, 0.1) is 5.82 Å². The van der Waals surface area contributed by atoms with Gasteiger partial charge in [-0.25, -0.2) is 18.7 Å². The summed E-state index contributed by atoms with van der Waals surface area (Å²) in [5, 5.41) is 12.8. The van der Waals surface area contributed by atoms with Gasteiger partial charge in [0.25, 0.3) is 5.56 Å². The van der Waals surface area contributed by atoms with Crippen molar-refractivity contribution in [3.8, 4) is 11.3 Å². The standard InChI is InChI=1S/C22H21ClF2N4O3/c23-15-9-14(1-2-16(15)24)20(11-30)29-7-4-13(10-21(29)31)18-3-6-26-22(27-18)28-19-5-8-32-12-17(19)25/h1-4,6-7,9-10,17,19-20,30H,5,8,11-12H2,(H,26,27,28)/t17-,19+,20-/m1/s1. The first-order valence-corrected chi connectivity index (χ1v) is 10.4. The van der Waals surface area contributed by atoms with Gasteiger partial charge in [0.1, 0.15) is 12.0 Å². The highest BCUT2D eigenvalue weighted by atomic mass is 35.5. The molecule has 1 saturated heterocycles. The lowest BCUT2D eigenvalue weighted by molar-refractivity contribution is 0.0284. The van der Waals surface area contributed by atoms with E-state index in [-0.39, 0.29) is 29.7 Å². The van der Waals surface area contributed by atoms with E-state index in [1.807, 2.05) is 0 Å². The largest absolute Gasteiger partial charge is 0.394 e. The maximum absolute atomic E-state index is 14.0. The van der Waals surface area contributed by atoms with Crippen LogP contribution in [0.5, 0.6) is 0 Å². The first-order chi connectivity index (χ1) is 15.5. The Balaban J connectivity index is 1.59. The molecule has 0 aliphatic carbocycles. The Morgan fingerprint density at radius 3 is 2.88 bits per heavy atom. The molecule has 2 N–H and O–H groups in total. The molecule has 0 amide bonds. The van der Waals surface area contributed by atoms with E-state index in [1.54, 1.807) is 12.1 Å². The summed E-state index contributed by atoms with van der Waals surface area (Å²) in [6, 6.07) is 7.57. The molecule has 0 unspecified atom stereocenters. The van der Waals surface area contributed by atoms with Crippen LogP contribution < -0.4 is 10.9 Å². The number of hydrogen-bond donors (Lipinski definition) is 2. The molecule has 3 heterocycles. The van der Waals surface area contributed by atoms with Gasteiger partial charge in [-0.15, -0.1) is 0 Å². The van der Waals surface area contributed by atoms with Crippen LogP contribution in [0.3, 0.4) is 0 Å². The zero-order chi connectivity index (χ0) is 22.7. The van der Waals surface area contributed by atoms with Crippen molar-refractivity contribution in [3.63, 3.8) is 0 Å². The number of ether oxygens (including phenoxy) is 1. The second kappa shape index (κ2) is 9.72. The lowest BCUT2D eigenvalue weighted by atomic mass is 10.1. The number of alkyl halides is 1. The van der Waals surface area contributed by atoms with Gasteiger partial charge in [-0.3, -0.25) is 4.79 Å². The number of aromatic nitrogens is 3. The van der Waals surface area contributed by atoms with E-state index >= 15 is 0 Å². The monoisotopic (exact) mass is 462 g/mol. The summed E-state index contributed by atoms with van der Waals surface area (Å²) in [5.74, 6) is -0.321. The van der Waals surface area contributed by atoms with E-state index < -0.39 is 24.1 Å². The van der Waals surface area contributed by atoms with E-state index in [0.717, 1.165) is 0 Å². The van der Waals surface area contributed by atoms with E-state index in [2.05, 4.69) is 15.3 Å². The number of benzene rings is 1. The fourth-order valence-electron chi connectivity index (χ4n) is 3.60. The van der Waals surface area contributed by atoms with Gasteiger partial charge in [0.15, 0.2) is 0 Å². The van der Waals surface area contributed by atoms with Crippen molar-refractivity contribution in [2.45, 2.75) is 24.7 Å². The number of aliphatic hydroxyl groups is 1. The fourth-order valence-corrected chi connectivity index (χ4v) is 3.79. The average Bonchev–Trinajstić information content (AvgIpc) is 2.79. The first-order valence-electron chi connectivity index (χ1n) is 10.1. The van der Waals surface area contributed by atoms with Crippen molar-refractivity contribution in [3.05, 3.63) is 75.5 Å². The van der Waals surface area contributed by atoms with Gasteiger partial charge in [0.2, 0.25) is 5.95 Å². The molecular weight excluding hydrogens is 442 g/mol. The molecule has 1 fully saturated rings. The molecule has 0 spiro atoms. The molecule has 0 bridgehead atoms. The Bertz CT molecular complexity index is 1160. The third kappa shape index (κ3) is 4.79. The van der Waals surface area contributed by atoms with E-state index in [0.29, 0.717) is 29.8 Å². The second-order valence-corrected chi connectivity index (χ2v) is 7.84. The Hall–Kier alpha value is -2.88. The summed E-state index contributed by atoms with van der Waals surface area (Å²) in [6.45, 7) is 0.112. The van der Waals surface area contributed by atoms with Gasteiger partial charge in [-0.2, -0.15) is 0 Å². The van der Waals surface area contributed by atoms with E-state index in [9.17, 15) is 18.7 Å². The van der Waals surface area contributed by atoms with Crippen LogP contribution in [0.2, 0.25) is 5.02 Å². The molecule has 32 heavy (non-hydrogen) atoms. The van der Waals surface area contributed by atoms with Crippen molar-refractivity contribution in [2.75, 3.05) is 25.1 Å². The Morgan fingerprint density at radius 1 is 1.31 bits per heavy atom. The number of anilines is 1. The highest BCUT2D eigenvalue weighted by Gasteiger charge is 2.26. The molecule has 3 atom stereocenters. The molecular formula is C22H21ClF2N4O3. The van der Waals surface area contributed by atoms with Crippen LogP contribution in [0.15, 0.2) is 53.6 Å². The summed E-state index contributed by atoms with van der Waals surface area (Å²) in [6.07, 6.45) is 2.40. The van der Waals surface area contributed by atoms with Crippen molar-refractivity contribution in [2.24, 2.45) is 0 Å². The number of aliphatic hydroxyl groups excluding tert-OH is 1.